The number of hydrogen-bond acceptors (Lipinski definition) is 4. The zero-order valence-electron chi connectivity index (χ0n) is 18.6. The van der Waals surface area contributed by atoms with Gasteiger partial charge in [-0.3, -0.25) is 4.79 Å². The lowest BCUT2D eigenvalue weighted by Crippen LogP contribution is -2.47. The zero-order valence-corrected chi connectivity index (χ0v) is 18.6. The van der Waals surface area contributed by atoms with Crippen LogP contribution in [0.5, 0.6) is 0 Å². The van der Waals surface area contributed by atoms with Crippen LogP contribution in [-0.4, -0.2) is 36.1 Å². The highest BCUT2D eigenvalue weighted by molar-refractivity contribution is 5.91. The van der Waals surface area contributed by atoms with E-state index in [0.29, 0.717) is 12.1 Å². The molecule has 7 nitrogen and oxygen atoms in total. The van der Waals surface area contributed by atoms with E-state index >= 15 is 0 Å². The highest BCUT2D eigenvalue weighted by Gasteiger charge is 2.27. The third-order valence-corrected chi connectivity index (χ3v) is 3.85. The van der Waals surface area contributed by atoms with Gasteiger partial charge in [-0.2, -0.15) is 0 Å². The number of rotatable bonds is 8. The number of hydrogen-bond donors (Lipinski definition) is 3. The van der Waals surface area contributed by atoms with Gasteiger partial charge in [-0.05, 0) is 57.2 Å². The summed E-state index contributed by atoms with van der Waals surface area (Å²) in [6.07, 6.45) is 0.796. The summed E-state index contributed by atoms with van der Waals surface area (Å²) in [5.74, 6) is -0.893. The first-order chi connectivity index (χ1) is 13.3. The number of carbonyl (C=O) groups excluding carboxylic acids is 3. The van der Waals surface area contributed by atoms with E-state index in [-0.39, 0.29) is 30.0 Å². The summed E-state index contributed by atoms with van der Waals surface area (Å²) in [7, 11) is 0. The normalized spacial score (nSPS) is 11.7. The molecule has 7 heteroatoms. The van der Waals surface area contributed by atoms with Crippen molar-refractivity contribution in [3.05, 3.63) is 35.4 Å². The minimum absolute atomic E-state index is 0.0587. The summed E-state index contributed by atoms with van der Waals surface area (Å²) in [5.41, 5.74) is 0.877. The van der Waals surface area contributed by atoms with Crippen LogP contribution in [0.2, 0.25) is 0 Å². The Morgan fingerprint density at radius 1 is 1.00 bits per heavy atom. The second kappa shape index (κ2) is 10.3. The van der Waals surface area contributed by atoms with Gasteiger partial charge in [0.15, 0.2) is 6.61 Å². The molecule has 0 aromatic heterocycles. The molecule has 0 radical (unpaired) electrons. The SMILES string of the molecule is CC(C)NC(=O)NCc1ccc(C(=O)OCC(=O)NC(C)(C)CC(C)(C)C)cc1. The van der Waals surface area contributed by atoms with Gasteiger partial charge in [-0.1, -0.05) is 32.9 Å². The standard InChI is InChI=1S/C22H35N3O4/c1-15(2)24-20(28)23-12-16-8-10-17(11-9-16)19(27)29-13-18(26)25-22(6,7)14-21(3,4)5/h8-11,15H,12-14H2,1-7H3,(H,25,26)(H2,23,24,28). The maximum absolute atomic E-state index is 12.2. The smallest absolute Gasteiger partial charge is 0.338 e. The quantitative estimate of drug-likeness (QED) is 0.578. The molecule has 0 saturated heterocycles. The van der Waals surface area contributed by atoms with Gasteiger partial charge in [0, 0.05) is 18.1 Å². The summed E-state index contributed by atoms with van der Waals surface area (Å²) in [6.45, 7) is 14.0. The minimum atomic E-state index is -0.564. The monoisotopic (exact) mass is 405 g/mol. The van der Waals surface area contributed by atoms with Crippen molar-refractivity contribution in [3.8, 4) is 0 Å². The van der Waals surface area contributed by atoms with E-state index in [1.807, 2.05) is 27.7 Å². The van der Waals surface area contributed by atoms with Crippen molar-refractivity contribution in [3.63, 3.8) is 0 Å². The Balaban J connectivity index is 2.48. The fourth-order valence-corrected chi connectivity index (χ4v) is 3.25. The predicted octanol–water partition coefficient (Wildman–Crippen LogP) is 3.38. The van der Waals surface area contributed by atoms with Crippen molar-refractivity contribution in [2.24, 2.45) is 5.41 Å². The van der Waals surface area contributed by atoms with Crippen molar-refractivity contribution in [2.45, 2.75) is 73.0 Å². The molecule has 3 amide bonds. The highest BCUT2D eigenvalue weighted by Crippen LogP contribution is 2.26. The van der Waals surface area contributed by atoms with Gasteiger partial charge < -0.3 is 20.7 Å². The van der Waals surface area contributed by atoms with E-state index in [1.165, 1.54) is 0 Å². The van der Waals surface area contributed by atoms with Gasteiger partial charge in [0.2, 0.25) is 0 Å². The van der Waals surface area contributed by atoms with Crippen molar-refractivity contribution in [1.29, 1.82) is 0 Å². The number of nitrogens with one attached hydrogen (secondary N) is 3. The summed E-state index contributed by atoms with van der Waals surface area (Å²) in [5, 5.41) is 8.38. The minimum Gasteiger partial charge on any atom is -0.452 e. The van der Waals surface area contributed by atoms with Crippen molar-refractivity contribution >= 4 is 17.9 Å². The molecule has 0 aliphatic rings. The van der Waals surface area contributed by atoms with Crippen LogP contribution < -0.4 is 16.0 Å². The molecule has 0 aliphatic heterocycles. The molecule has 1 aromatic rings. The maximum atomic E-state index is 12.2. The van der Waals surface area contributed by atoms with Crippen molar-refractivity contribution in [1.82, 2.24) is 16.0 Å². The number of benzene rings is 1. The summed E-state index contributed by atoms with van der Waals surface area (Å²) >= 11 is 0. The van der Waals surface area contributed by atoms with Gasteiger partial charge in [0.05, 0.1) is 5.56 Å². The second-order valence-corrected chi connectivity index (χ2v) is 9.42. The van der Waals surface area contributed by atoms with Gasteiger partial charge in [0.25, 0.3) is 5.91 Å². The van der Waals surface area contributed by atoms with Crippen LogP contribution >= 0.6 is 0 Å². The van der Waals surface area contributed by atoms with Crippen LogP contribution in [0.15, 0.2) is 24.3 Å². The Labute approximate surface area is 174 Å². The molecule has 0 saturated carbocycles. The topological polar surface area (TPSA) is 96.5 Å². The maximum Gasteiger partial charge on any atom is 0.338 e. The molecule has 3 N–H and O–H groups in total. The Morgan fingerprint density at radius 3 is 2.10 bits per heavy atom. The number of amides is 3. The number of esters is 1. The molecular formula is C22H35N3O4. The van der Waals surface area contributed by atoms with E-state index in [0.717, 1.165) is 12.0 Å². The lowest BCUT2D eigenvalue weighted by Gasteiger charge is -2.33. The second-order valence-electron chi connectivity index (χ2n) is 9.42. The average Bonchev–Trinajstić information content (AvgIpc) is 2.55. The molecule has 0 fully saturated rings. The van der Waals surface area contributed by atoms with Gasteiger partial charge >= 0.3 is 12.0 Å². The fourth-order valence-electron chi connectivity index (χ4n) is 3.25. The number of ether oxygens (including phenoxy) is 1. The Morgan fingerprint density at radius 2 is 1.59 bits per heavy atom. The largest absolute Gasteiger partial charge is 0.452 e. The molecule has 0 spiro atoms. The first-order valence-electron chi connectivity index (χ1n) is 9.89. The highest BCUT2D eigenvalue weighted by atomic mass is 16.5. The van der Waals surface area contributed by atoms with Crippen molar-refractivity contribution < 1.29 is 19.1 Å². The number of carbonyl (C=O) groups is 3. The van der Waals surface area contributed by atoms with Crippen LogP contribution in [0.4, 0.5) is 4.79 Å². The summed E-state index contributed by atoms with van der Waals surface area (Å²) in [4.78, 5) is 35.9. The summed E-state index contributed by atoms with van der Waals surface area (Å²) in [6, 6.07) is 6.51. The third-order valence-electron chi connectivity index (χ3n) is 3.85. The molecule has 1 aromatic carbocycles. The molecule has 0 atom stereocenters. The van der Waals surface area contributed by atoms with Crippen LogP contribution in [0.3, 0.4) is 0 Å². The Hall–Kier alpha value is -2.57. The van der Waals surface area contributed by atoms with Gasteiger partial charge in [-0.25, -0.2) is 9.59 Å². The molecule has 0 unspecified atom stereocenters. The molecule has 162 valence electrons. The lowest BCUT2D eigenvalue weighted by molar-refractivity contribution is -0.126. The number of urea groups is 1. The molecular weight excluding hydrogens is 370 g/mol. The molecule has 0 aliphatic carbocycles. The van der Waals surface area contributed by atoms with Crippen LogP contribution in [0.1, 0.15) is 70.8 Å². The Bertz CT molecular complexity index is 704. The third kappa shape index (κ3) is 10.5. The first kappa shape index (κ1) is 24.5. The molecule has 0 heterocycles. The predicted molar refractivity (Wildman–Crippen MR) is 114 cm³/mol. The molecule has 0 bridgehead atoms. The van der Waals surface area contributed by atoms with Crippen LogP contribution in [-0.2, 0) is 16.1 Å². The van der Waals surface area contributed by atoms with Gasteiger partial charge in [-0.15, -0.1) is 0 Å². The van der Waals surface area contributed by atoms with Crippen molar-refractivity contribution in [2.75, 3.05) is 6.61 Å². The lowest BCUT2D eigenvalue weighted by atomic mass is 9.82. The average molecular weight is 406 g/mol. The van der Waals surface area contributed by atoms with E-state index in [9.17, 15) is 14.4 Å². The Kier molecular flexibility index (Phi) is 8.67. The van der Waals surface area contributed by atoms with E-state index in [4.69, 9.17) is 4.74 Å². The van der Waals surface area contributed by atoms with E-state index in [1.54, 1.807) is 24.3 Å². The molecule has 1 rings (SSSR count). The van der Waals surface area contributed by atoms with Crippen LogP contribution in [0.25, 0.3) is 0 Å². The zero-order chi connectivity index (χ0) is 22.2. The fraction of sp³-hybridized carbons (Fsp3) is 0.591. The first-order valence-corrected chi connectivity index (χ1v) is 9.89. The van der Waals surface area contributed by atoms with E-state index in [2.05, 4.69) is 36.7 Å². The summed E-state index contributed by atoms with van der Waals surface area (Å²) < 4.78 is 5.12. The van der Waals surface area contributed by atoms with Gasteiger partial charge in [0.1, 0.15) is 0 Å². The van der Waals surface area contributed by atoms with Crippen LogP contribution in [0, 0.1) is 5.41 Å². The van der Waals surface area contributed by atoms with E-state index < -0.39 is 11.5 Å². The molecule has 29 heavy (non-hydrogen) atoms.